The number of hydrogen-bond acceptors (Lipinski definition) is 4. The minimum atomic E-state index is -0.281. The lowest BCUT2D eigenvalue weighted by atomic mass is 10.1. The maximum Gasteiger partial charge on any atom is 0.409 e. The number of aliphatic imine (C=N–C) groups is 1. The van der Waals surface area contributed by atoms with Gasteiger partial charge in [-0.1, -0.05) is 6.07 Å². The Morgan fingerprint density at radius 2 is 1.97 bits per heavy atom. The first-order chi connectivity index (χ1) is 13.5. The van der Waals surface area contributed by atoms with Crippen LogP contribution in [0.5, 0.6) is 0 Å². The van der Waals surface area contributed by atoms with E-state index in [4.69, 9.17) is 4.74 Å². The summed E-state index contributed by atoms with van der Waals surface area (Å²) >= 11 is 0. The Labute approximate surface area is 190 Å². The number of guanidine groups is 1. The van der Waals surface area contributed by atoms with Gasteiger partial charge in [-0.05, 0) is 44.4 Å². The van der Waals surface area contributed by atoms with E-state index in [2.05, 4.69) is 15.6 Å². The molecule has 164 valence electrons. The van der Waals surface area contributed by atoms with Gasteiger partial charge < -0.3 is 25.2 Å². The van der Waals surface area contributed by atoms with E-state index in [1.54, 1.807) is 18.0 Å². The smallest absolute Gasteiger partial charge is 0.409 e. The molecular weight excluding hydrogens is 488 g/mol. The second-order valence-corrected chi connectivity index (χ2v) is 6.76. The van der Waals surface area contributed by atoms with Crippen molar-refractivity contribution in [3.8, 4) is 0 Å². The molecule has 0 atom stereocenters. The molecule has 1 aromatic rings. The first-order valence-electron chi connectivity index (χ1n) is 9.85. The monoisotopic (exact) mass is 521 g/mol. The number of carbonyl (C=O) groups is 1. The Morgan fingerprint density at radius 3 is 2.48 bits per heavy atom. The highest BCUT2D eigenvalue weighted by Gasteiger charge is 2.23. The van der Waals surface area contributed by atoms with E-state index in [1.807, 2.05) is 30.9 Å². The van der Waals surface area contributed by atoms with E-state index in [-0.39, 0.29) is 41.9 Å². The van der Waals surface area contributed by atoms with Crippen LogP contribution >= 0.6 is 24.0 Å². The number of methoxy groups -OCH3 is 1. The Morgan fingerprint density at radius 1 is 1.31 bits per heavy atom. The van der Waals surface area contributed by atoms with Crippen LogP contribution in [0.15, 0.2) is 23.2 Å². The van der Waals surface area contributed by atoms with Crippen LogP contribution in [0.2, 0.25) is 0 Å². The van der Waals surface area contributed by atoms with Crippen LogP contribution in [0, 0.1) is 5.82 Å². The molecule has 1 heterocycles. The quantitative estimate of drug-likeness (QED) is 0.342. The van der Waals surface area contributed by atoms with Gasteiger partial charge >= 0.3 is 6.09 Å². The van der Waals surface area contributed by atoms with Crippen LogP contribution in [-0.2, 0) is 11.3 Å². The van der Waals surface area contributed by atoms with E-state index < -0.39 is 0 Å². The van der Waals surface area contributed by atoms with Crippen LogP contribution < -0.4 is 15.5 Å². The van der Waals surface area contributed by atoms with Crippen LogP contribution in [0.1, 0.15) is 32.3 Å². The molecular formula is C20H33FIN5O2. The maximum atomic E-state index is 14.4. The lowest BCUT2D eigenvalue weighted by molar-refractivity contribution is 0.111. The SMILES string of the molecule is CCN(CC)c1ccc(CNC(=NC)NC2CCN(C(=O)OC)CC2)cc1F.I. The molecule has 0 aliphatic carbocycles. The number of halogens is 2. The van der Waals surface area contributed by atoms with Gasteiger partial charge in [-0.2, -0.15) is 0 Å². The molecule has 1 aromatic carbocycles. The lowest BCUT2D eigenvalue weighted by Gasteiger charge is -2.32. The average Bonchev–Trinajstić information content (AvgIpc) is 2.73. The molecule has 1 aliphatic heterocycles. The van der Waals surface area contributed by atoms with Crippen LogP contribution in [0.4, 0.5) is 14.9 Å². The molecule has 2 rings (SSSR count). The maximum absolute atomic E-state index is 14.4. The largest absolute Gasteiger partial charge is 0.453 e. The summed E-state index contributed by atoms with van der Waals surface area (Å²) in [4.78, 5) is 19.5. The minimum Gasteiger partial charge on any atom is -0.453 e. The molecule has 1 aliphatic rings. The topological polar surface area (TPSA) is 69.2 Å². The van der Waals surface area contributed by atoms with Gasteiger partial charge in [0.2, 0.25) is 0 Å². The first kappa shape index (κ1) is 25.3. The number of benzene rings is 1. The van der Waals surface area contributed by atoms with E-state index in [1.165, 1.54) is 7.11 Å². The van der Waals surface area contributed by atoms with E-state index >= 15 is 0 Å². The lowest BCUT2D eigenvalue weighted by Crippen LogP contribution is -2.49. The highest BCUT2D eigenvalue weighted by atomic mass is 127. The molecule has 7 nitrogen and oxygen atoms in total. The van der Waals surface area contributed by atoms with Crippen molar-refractivity contribution in [1.29, 1.82) is 0 Å². The predicted molar refractivity (Wildman–Crippen MR) is 126 cm³/mol. The number of nitrogens with one attached hydrogen (secondary N) is 2. The number of nitrogens with zero attached hydrogens (tertiary/aromatic N) is 3. The van der Waals surface area contributed by atoms with Crippen LogP contribution in [0.3, 0.4) is 0 Å². The zero-order valence-corrected chi connectivity index (χ0v) is 20.0. The van der Waals surface area contributed by atoms with Gasteiger partial charge in [0.15, 0.2) is 5.96 Å². The molecule has 0 bridgehead atoms. The molecule has 0 radical (unpaired) electrons. The fourth-order valence-corrected chi connectivity index (χ4v) is 3.39. The predicted octanol–water partition coefficient (Wildman–Crippen LogP) is 3.19. The van der Waals surface area contributed by atoms with Crippen molar-refractivity contribution in [3.63, 3.8) is 0 Å². The van der Waals surface area contributed by atoms with Gasteiger partial charge in [0, 0.05) is 45.8 Å². The molecule has 29 heavy (non-hydrogen) atoms. The molecule has 0 spiro atoms. The standard InChI is InChI=1S/C20H32FN5O2.HI/c1-5-25(6-2)18-8-7-15(13-17(18)21)14-23-19(22-3)24-16-9-11-26(12-10-16)20(27)28-4;/h7-8,13,16H,5-6,9-12,14H2,1-4H3,(H2,22,23,24);1H. The Balaban J connectivity index is 0.00000420. The van der Waals surface area contributed by atoms with Gasteiger partial charge in [0.05, 0.1) is 12.8 Å². The number of carbonyl (C=O) groups excluding carboxylic acids is 1. The molecule has 0 unspecified atom stereocenters. The van der Waals surface area contributed by atoms with Crippen molar-refractivity contribution in [3.05, 3.63) is 29.6 Å². The van der Waals surface area contributed by atoms with Crippen molar-refractivity contribution in [1.82, 2.24) is 15.5 Å². The fourth-order valence-electron chi connectivity index (χ4n) is 3.39. The number of likely N-dealkylation sites (tertiary alicyclic amines) is 1. The van der Waals surface area contributed by atoms with Crippen molar-refractivity contribution >= 4 is 41.7 Å². The molecule has 1 saturated heterocycles. The number of rotatable bonds is 6. The van der Waals surface area contributed by atoms with E-state index in [9.17, 15) is 9.18 Å². The van der Waals surface area contributed by atoms with Crippen molar-refractivity contribution in [2.75, 3.05) is 45.2 Å². The van der Waals surface area contributed by atoms with Gasteiger partial charge in [0.1, 0.15) is 5.82 Å². The number of ether oxygens (including phenoxy) is 1. The Hall–Kier alpha value is -1.78. The van der Waals surface area contributed by atoms with Gasteiger partial charge in [-0.15, -0.1) is 24.0 Å². The molecule has 2 N–H and O–H groups in total. The summed E-state index contributed by atoms with van der Waals surface area (Å²) in [6, 6.07) is 5.57. The molecule has 1 amide bonds. The summed E-state index contributed by atoms with van der Waals surface area (Å²) in [5.41, 5.74) is 1.49. The molecule has 9 heteroatoms. The normalized spacial score (nSPS) is 14.8. The third-order valence-electron chi connectivity index (χ3n) is 5.07. The Bertz CT molecular complexity index is 677. The fraction of sp³-hybridized carbons (Fsp3) is 0.600. The van der Waals surface area contributed by atoms with E-state index in [0.29, 0.717) is 31.3 Å². The summed E-state index contributed by atoms with van der Waals surface area (Å²) in [7, 11) is 3.11. The van der Waals surface area contributed by atoms with Gasteiger partial charge in [-0.25, -0.2) is 9.18 Å². The Kier molecular flexibility index (Phi) is 11.1. The average molecular weight is 521 g/mol. The minimum absolute atomic E-state index is 0. The third-order valence-corrected chi connectivity index (χ3v) is 5.07. The van der Waals surface area contributed by atoms with E-state index in [0.717, 1.165) is 31.5 Å². The van der Waals surface area contributed by atoms with Crippen molar-refractivity contribution in [2.24, 2.45) is 4.99 Å². The first-order valence-corrected chi connectivity index (χ1v) is 9.85. The highest BCUT2D eigenvalue weighted by Crippen LogP contribution is 2.20. The number of hydrogen-bond donors (Lipinski definition) is 2. The van der Waals surface area contributed by atoms with Crippen LogP contribution in [0.25, 0.3) is 0 Å². The second kappa shape index (κ2) is 12.7. The highest BCUT2D eigenvalue weighted by molar-refractivity contribution is 14.0. The van der Waals surface area contributed by atoms with Crippen molar-refractivity contribution < 1.29 is 13.9 Å². The summed E-state index contributed by atoms with van der Waals surface area (Å²) < 4.78 is 19.2. The summed E-state index contributed by atoms with van der Waals surface area (Å²) in [5.74, 6) is 0.464. The van der Waals surface area contributed by atoms with Gasteiger partial charge in [-0.3, -0.25) is 4.99 Å². The summed E-state index contributed by atoms with van der Waals surface area (Å²) in [6.07, 6.45) is 1.36. The number of amides is 1. The zero-order chi connectivity index (χ0) is 20.5. The summed E-state index contributed by atoms with van der Waals surface area (Å²) in [6.45, 7) is 7.37. The van der Waals surface area contributed by atoms with Gasteiger partial charge in [0.25, 0.3) is 0 Å². The molecule has 0 saturated carbocycles. The van der Waals surface area contributed by atoms with Crippen LogP contribution in [-0.4, -0.2) is 63.3 Å². The summed E-state index contributed by atoms with van der Waals surface area (Å²) in [5, 5.41) is 6.61. The second-order valence-electron chi connectivity index (χ2n) is 6.76. The molecule has 0 aromatic heterocycles. The number of anilines is 1. The third kappa shape index (κ3) is 7.20. The number of piperidine rings is 1. The van der Waals surface area contributed by atoms with Crippen molar-refractivity contribution in [2.45, 2.75) is 39.3 Å². The molecule has 1 fully saturated rings. The zero-order valence-electron chi connectivity index (χ0n) is 17.7.